The van der Waals surface area contributed by atoms with Crippen LogP contribution in [0.2, 0.25) is 0 Å². The number of rotatable bonds is 8. The predicted octanol–water partition coefficient (Wildman–Crippen LogP) is 2.83. The first kappa shape index (κ1) is 18.7. The summed E-state index contributed by atoms with van der Waals surface area (Å²) in [4.78, 5) is 20.7. The minimum Gasteiger partial charge on any atom is -0.497 e. The maximum atomic E-state index is 12.2. The Labute approximate surface area is 149 Å². The maximum Gasteiger partial charge on any atom is 0.270 e. The molecule has 0 fully saturated rings. The molecule has 0 unspecified atom stereocenters. The van der Waals surface area contributed by atoms with E-state index in [9.17, 15) is 4.79 Å². The van der Waals surface area contributed by atoms with E-state index in [1.165, 1.54) is 5.56 Å². The van der Waals surface area contributed by atoms with E-state index in [2.05, 4.69) is 40.5 Å². The van der Waals surface area contributed by atoms with E-state index >= 15 is 0 Å². The molecule has 1 aromatic carbocycles. The van der Waals surface area contributed by atoms with Gasteiger partial charge in [0, 0.05) is 19.2 Å². The summed E-state index contributed by atoms with van der Waals surface area (Å²) >= 11 is 0. The number of aryl methyl sites for hydroxylation is 1. The average Bonchev–Trinajstić information content (AvgIpc) is 2.59. The Bertz CT molecular complexity index is 716. The molecule has 1 aromatic heterocycles. The number of hydrogen-bond acceptors (Lipinski definition) is 5. The Balaban J connectivity index is 1.96. The van der Waals surface area contributed by atoms with Gasteiger partial charge in [0.25, 0.3) is 5.91 Å². The van der Waals surface area contributed by atoms with Crippen LogP contribution >= 0.6 is 0 Å². The predicted molar refractivity (Wildman–Crippen MR) is 99.1 cm³/mol. The fraction of sp³-hybridized carbons (Fsp3) is 0.421. The molecular formula is C19H26N4O2. The second-order valence-electron chi connectivity index (χ2n) is 6.32. The minimum absolute atomic E-state index is 0.171. The second kappa shape index (κ2) is 9.01. The first-order valence-electron chi connectivity index (χ1n) is 8.48. The molecular weight excluding hydrogens is 316 g/mol. The van der Waals surface area contributed by atoms with Crippen LogP contribution in [-0.2, 0) is 6.42 Å². The molecule has 1 amide bonds. The lowest BCUT2D eigenvalue weighted by Crippen LogP contribution is -2.28. The number of ether oxygens (including phenoxy) is 1. The minimum atomic E-state index is -0.171. The normalized spacial score (nSPS) is 10.6. The van der Waals surface area contributed by atoms with Crippen LogP contribution in [0.3, 0.4) is 0 Å². The molecule has 0 aliphatic rings. The van der Waals surface area contributed by atoms with Gasteiger partial charge in [-0.15, -0.1) is 0 Å². The molecule has 0 saturated carbocycles. The number of benzene rings is 1. The number of amides is 1. The Morgan fingerprint density at radius 3 is 2.76 bits per heavy atom. The number of hydrogen-bond donors (Lipinski definition) is 2. The number of methoxy groups -OCH3 is 1. The van der Waals surface area contributed by atoms with Crippen molar-refractivity contribution in [2.45, 2.75) is 27.2 Å². The molecule has 0 radical (unpaired) electrons. The molecule has 2 aromatic rings. The Morgan fingerprint density at radius 2 is 2.04 bits per heavy atom. The van der Waals surface area contributed by atoms with Crippen molar-refractivity contribution >= 4 is 11.7 Å². The monoisotopic (exact) mass is 342 g/mol. The van der Waals surface area contributed by atoms with Gasteiger partial charge in [-0.3, -0.25) is 4.79 Å². The molecule has 0 spiro atoms. The molecule has 6 heteroatoms. The molecule has 0 aliphatic carbocycles. The van der Waals surface area contributed by atoms with E-state index < -0.39 is 0 Å². The molecule has 0 saturated heterocycles. The van der Waals surface area contributed by atoms with Gasteiger partial charge in [0.05, 0.1) is 7.11 Å². The lowest BCUT2D eigenvalue weighted by Gasteiger charge is -2.10. The molecule has 6 nitrogen and oxygen atoms in total. The van der Waals surface area contributed by atoms with E-state index in [4.69, 9.17) is 4.74 Å². The highest BCUT2D eigenvalue weighted by Crippen LogP contribution is 2.13. The molecule has 2 rings (SSSR count). The molecule has 134 valence electrons. The standard InChI is InChI=1S/C19H26N4O2/c1-13(2)12-21-19(24)17-11-18(23-14(3)22-17)20-9-8-15-6-5-7-16(10-15)25-4/h5-7,10-11,13H,8-9,12H2,1-4H3,(H,21,24)(H,20,22,23). The quantitative estimate of drug-likeness (QED) is 0.771. The van der Waals surface area contributed by atoms with Crippen LogP contribution in [0.1, 0.15) is 35.7 Å². The van der Waals surface area contributed by atoms with Crippen molar-refractivity contribution in [2.75, 3.05) is 25.5 Å². The van der Waals surface area contributed by atoms with E-state index in [1.54, 1.807) is 20.1 Å². The van der Waals surface area contributed by atoms with Crippen molar-refractivity contribution in [3.63, 3.8) is 0 Å². The van der Waals surface area contributed by atoms with Crippen molar-refractivity contribution in [2.24, 2.45) is 5.92 Å². The van der Waals surface area contributed by atoms with Crippen LogP contribution < -0.4 is 15.4 Å². The van der Waals surface area contributed by atoms with E-state index in [-0.39, 0.29) is 5.91 Å². The topological polar surface area (TPSA) is 76.1 Å². The summed E-state index contributed by atoms with van der Waals surface area (Å²) in [6.07, 6.45) is 0.829. The van der Waals surface area contributed by atoms with Crippen molar-refractivity contribution in [3.8, 4) is 5.75 Å². The van der Waals surface area contributed by atoms with Gasteiger partial charge in [-0.05, 0) is 37.0 Å². The zero-order valence-corrected chi connectivity index (χ0v) is 15.3. The number of nitrogens with one attached hydrogen (secondary N) is 2. The van der Waals surface area contributed by atoms with Gasteiger partial charge in [-0.25, -0.2) is 9.97 Å². The SMILES string of the molecule is COc1cccc(CCNc2cc(C(=O)NCC(C)C)nc(C)n2)c1. The van der Waals surface area contributed by atoms with Crippen LogP contribution in [0, 0.1) is 12.8 Å². The summed E-state index contributed by atoms with van der Waals surface area (Å²) in [6, 6.07) is 9.65. The van der Waals surface area contributed by atoms with E-state index in [1.807, 2.05) is 18.2 Å². The second-order valence-corrected chi connectivity index (χ2v) is 6.32. The zero-order valence-electron chi connectivity index (χ0n) is 15.3. The average molecular weight is 342 g/mol. The van der Waals surface area contributed by atoms with Crippen molar-refractivity contribution in [1.82, 2.24) is 15.3 Å². The van der Waals surface area contributed by atoms with Gasteiger partial charge < -0.3 is 15.4 Å². The number of aromatic nitrogens is 2. The molecule has 2 N–H and O–H groups in total. The smallest absolute Gasteiger partial charge is 0.270 e. The first-order chi connectivity index (χ1) is 12.0. The van der Waals surface area contributed by atoms with Crippen LogP contribution in [0.5, 0.6) is 5.75 Å². The summed E-state index contributed by atoms with van der Waals surface area (Å²) in [5, 5.41) is 6.14. The molecule has 25 heavy (non-hydrogen) atoms. The summed E-state index contributed by atoms with van der Waals surface area (Å²) in [7, 11) is 1.66. The van der Waals surface area contributed by atoms with Gasteiger partial charge in [0.1, 0.15) is 23.1 Å². The highest BCUT2D eigenvalue weighted by molar-refractivity contribution is 5.92. The van der Waals surface area contributed by atoms with Crippen LogP contribution in [0.4, 0.5) is 5.82 Å². The Hall–Kier alpha value is -2.63. The van der Waals surface area contributed by atoms with Gasteiger partial charge in [-0.1, -0.05) is 26.0 Å². The lowest BCUT2D eigenvalue weighted by atomic mass is 10.1. The molecule has 0 bridgehead atoms. The van der Waals surface area contributed by atoms with Gasteiger partial charge in [0.2, 0.25) is 0 Å². The summed E-state index contributed by atoms with van der Waals surface area (Å²) in [5.41, 5.74) is 1.56. The van der Waals surface area contributed by atoms with E-state index in [0.717, 1.165) is 12.2 Å². The summed E-state index contributed by atoms with van der Waals surface area (Å²) in [6.45, 7) is 7.22. The van der Waals surface area contributed by atoms with Crippen molar-refractivity contribution in [3.05, 3.63) is 47.4 Å². The third-order valence-electron chi connectivity index (χ3n) is 3.60. The third kappa shape index (κ3) is 6.06. The fourth-order valence-corrected chi connectivity index (χ4v) is 2.32. The van der Waals surface area contributed by atoms with Gasteiger partial charge in [-0.2, -0.15) is 0 Å². The van der Waals surface area contributed by atoms with E-state index in [0.29, 0.717) is 36.3 Å². The zero-order chi connectivity index (χ0) is 18.2. The highest BCUT2D eigenvalue weighted by atomic mass is 16.5. The lowest BCUT2D eigenvalue weighted by molar-refractivity contribution is 0.0943. The fourth-order valence-electron chi connectivity index (χ4n) is 2.32. The highest BCUT2D eigenvalue weighted by Gasteiger charge is 2.10. The van der Waals surface area contributed by atoms with Crippen LogP contribution in [-0.4, -0.2) is 36.1 Å². The Morgan fingerprint density at radius 1 is 1.24 bits per heavy atom. The Kier molecular flexibility index (Phi) is 6.74. The number of anilines is 1. The largest absolute Gasteiger partial charge is 0.497 e. The number of carbonyl (C=O) groups is 1. The van der Waals surface area contributed by atoms with Gasteiger partial charge >= 0.3 is 0 Å². The molecule has 1 heterocycles. The maximum absolute atomic E-state index is 12.2. The molecule has 0 atom stereocenters. The van der Waals surface area contributed by atoms with Crippen LogP contribution in [0.15, 0.2) is 30.3 Å². The van der Waals surface area contributed by atoms with Crippen LogP contribution in [0.25, 0.3) is 0 Å². The number of nitrogens with zero attached hydrogens (tertiary/aromatic N) is 2. The first-order valence-corrected chi connectivity index (χ1v) is 8.48. The number of carbonyl (C=O) groups excluding carboxylic acids is 1. The van der Waals surface area contributed by atoms with Crippen molar-refractivity contribution < 1.29 is 9.53 Å². The van der Waals surface area contributed by atoms with Gasteiger partial charge in [0.15, 0.2) is 0 Å². The van der Waals surface area contributed by atoms with Crippen molar-refractivity contribution in [1.29, 1.82) is 0 Å². The summed E-state index contributed by atoms with van der Waals surface area (Å²) in [5.74, 6) is 2.30. The molecule has 0 aliphatic heterocycles. The summed E-state index contributed by atoms with van der Waals surface area (Å²) < 4.78 is 5.23. The third-order valence-corrected chi connectivity index (χ3v) is 3.60.